The molecule has 164 valence electrons. The molecule has 2 N–H and O–H groups in total. The first kappa shape index (κ1) is 22.3. The molecule has 2 amide bonds. The second-order valence-corrected chi connectivity index (χ2v) is 11.1. The Morgan fingerprint density at radius 1 is 1.03 bits per heavy atom. The number of anilines is 2. The van der Waals surface area contributed by atoms with Crippen LogP contribution in [0.3, 0.4) is 0 Å². The summed E-state index contributed by atoms with van der Waals surface area (Å²) < 4.78 is 24.1. The summed E-state index contributed by atoms with van der Waals surface area (Å²) in [7, 11) is -3.33. The van der Waals surface area contributed by atoms with E-state index in [2.05, 4.69) is 20.6 Å². The van der Waals surface area contributed by atoms with Gasteiger partial charge in [-0.25, -0.2) is 18.4 Å². The van der Waals surface area contributed by atoms with Gasteiger partial charge in [0.2, 0.25) is 5.91 Å². The third-order valence-electron chi connectivity index (χ3n) is 4.25. The van der Waals surface area contributed by atoms with Gasteiger partial charge in [0.1, 0.15) is 0 Å². The molecule has 2 aromatic heterocycles. The lowest BCUT2D eigenvalue weighted by Gasteiger charge is -2.01. The lowest BCUT2D eigenvalue weighted by atomic mass is 10.2. The smallest absolute Gasteiger partial charge is 0.257 e. The lowest BCUT2D eigenvalue weighted by molar-refractivity contribution is -0.115. The first-order valence-electron chi connectivity index (χ1n) is 9.09. The zero-order valence-corrected chi connectivity index (χ0v) is 19.7. The molecule has 0 spiro atoms. The van der Waals surface area contributed by atoms with E-state index in [0.29, 0.717) is 36.8 Å². The largest absolute Gasteiger partial charge is 0.302 e. The zero-order chi connectivity index (χ0) is 22.9. The second-order valence-electron chi connectivity index (χ2n) is 6.75. The lowest BCUT2D eigenvalue weighted by Crippen LogP contribution is -2.15. The fraction of sp³-hybridized carbons (Fsp3) is 0.100. The highest BCUT2D eigenvalue weighted by Gasteiger charge is 2.14. The van der Waals surface area contributed by atoms with E-state index in [1.807, 2.05) is 0 Å². The fourth-order valence-corrected chi connectivity index (χ4v) is 5.21. The molecule has 0 bridgehead atoms. The first-order valence-corrected chi connectivity index (χ1v) is 13.1. The van der Waals surface area contributed by atoms with E-state index in [4.69, 9.17) is 11.6 Å². The average molecular weight is 507 g/mol. The SMILES string of the molecule is CS(=O)(=O)c1ccc2nc(NC(=O)Cc3csc(NC(=O)c4ccc(Cl)cc4)n3)sc2c1. The van der Waals surface area contributed by atoms with Crippen molar-refractivity contribution in [3.63, 3.8) is 0 Å². The number of carbonyl (C=O) groups excluding carboxylic acids is 2. The molecule has 0 aliphatic carbocycles. The molecule has 12 heteroatoms. The number of carbonyl (C=O) groups is 2. The van der Waals surface area contributed by atoms with Gasteiger partial charge in [-0.3, -0.25) is 14.9 Å². The Kier molecular flexibility index (Phi) is 6.24. The van der Waals surface area contributed by atoms with Gasteiger partial charge in [-0.2, -0.15) is 0 Å². The molecule has 2 heterocycles. The van der Waals surface area contributed by atoms with Crippen LogP contribution in [0.15, 0.2) is 52.7 Å². The monoisotopic (exact) mass is 506 g/mol. The van der Waals surface area contributed by atoms with Crippen molar-refractivity contribution in [3.8, 4) is 0 Å². The zero-order valence-electron chi connectivity index (χ0n) is 16.5. The molecule has 4 aromatic rings. The van der Waals surface area contributed by atoms with Crippen LogP contribution in [0.2, 0.25) is 5.02 Å². The summed E-state index contributed by atoms with van der Waals surface area (Å²) in [5, 5.41) is 8.36. The van der Waals surface area contributed by atoms with Crippen molar-refractivity contribution in [2.75, 3.05) is 16.9 Å². The third-order valence-corrected chi connectivity index (χ3v) is 7.36. The minimum Gasteiger partial charge on any atom is -0.302 e. The Labute approximate surface area is 196 Å². The topological polar surface area (TPSA) is 118 Å². The van der Waals surface area contributed by atoms with Gasteiger partial charge in [-0.05, 0) is 42.5 Å². The summed E-state index contributed by atoms with van der Waals surface area (Å²) in [5.41, 5.74) is 1.54. The number of rotatable bonds is 6. The second kappa shape index (κ2) is 8.94. The van der Waals surface area contributed by atoms with E-state index in [-0.39, 0.29) is 23.1 Å². The Bertz CT molecular complexity index is 1430. The minimum absolute atomic E-state index is 0.00215. The van der Waals surface area contributed by atoms with Gasteiger partial charge in [0.25, 0.3) is 5.91 Å². The molecule has 0 saturated heterocycles. The predicted molar refractivity (Wildman–Crippen MR) is 127 cm³/mol. The molecule has 0 unspecified atom stereocenters. The summed E-state index contributed by atoms with van der Waals surface area (Å²) in [5.74, 6) is -0.650. The Hall–Kier alpha value is -2.86. The first-order chi connectivity index (χ1) is 15.2. The molecular formula is C20H15ClN4O4S3. The number of sulfone groups is 1. The molecule has 4 rings (SSSR count). The Balaban J connectivity index is 1.39. The van der Waals surface area contributed by atoms with Crippen molar-refractivity contribution >= 4 is 76.4 Å². The van der Waals surface area contributed by atoms with Crippen LogP contribution in [0.25, 0.3) is 10.2 Å². The highest BCUT2D eigenvalue weighted by atomic mass is 35.5. The summed E-state index contributed by atoms with van der Waals surface area (Å²) in [4.78, 5) is 33.4. The Morgan fingerprint density at radius 3 is 2.50 bits per heavy atom. The number of amides is 2. The van der Waals surface area contributed by atoms with E-state index in [9.17, 15) is 18.0 Å². The number of nitrogens with zero attached hydrogens (tertiary/aromatic N) is 2. The summed E-state index contributed by atoms with van der Waals surface area (Å²) in [6, 6.07) is 11.1. The summed E-state index contributed by atoms with van der Waals surface area (Å²) in [6.07, 6.45) is 1.13. The van der Waals surface area contributed by atoms with E-state index >= 15 is 0 Å². The molecule has 2 aromatic carbocycles. The minimum atomic E-state index is -3.33. The highest BCUT2D eigenvalue weighted by molar-refractivity contribution is 7.90. The van der Waals surface area contributed by atoms with E-state index in [0.717, 1.165) is 6.26 Å². The van der Waals surface area contributed by atoms with E-state index < -0.39 is 9.84 Å². The Morgan fingerprint density at radius 2 is 1.78 bits per heavy atom. The maximum atomic E-state index is 12.4. The molecular weight excluding hydrogens is 492 g/mol. The van der Waals surface area contributed by atoms with Crippen molar-refractivity contribution in [1.82, 2.24) is 9.97 Å². The van der Waals surface area contributed by atoms with Crippen molar-refractivity contribution < 1.29 is 18.0 Å². The van der Waals surface area contributed by atoms with Crippen LogP contribution in [-0.4, -0.2) is 36.5 Å². The predicted octanol–water partition coefficient (Wildman–Crippen LogP) is 4.24. The van der Waals surface area contributed by atoms with Gasteiger partial charge in [0.05, 0.1) is 27.2 Å². The molecule has 0 aliphatic heterocycles. The number of benzene rings is 2. The molecule has 0 atom stereocenters. The van der Waals surface area contributed by atoms with Crippen molar-refractivity contribution in [1.29, 1.82) is 0 Å². The number of hydrogen-bond acceptors (Lipinski definition) is 8. The van der Waals surface area contributed by atoms with Gasteiger partial charge >= 0.3 is 0 Å². The number of halogens is 1. The molecule has 0 fully saturated rings. The number of aromatic nitrogens is 2. The van der Waals surface area contributed by atoms with Crippen molar-refractivity contribution in [2.24, 2.45) is 0 Å². The van der Waals surface area contributed by atoms with Crippen LogP contribution >= 0.6 is 34.3 Å². The van der Waals surface area contributed by atoms with Gasteiger partial charge in [0.15, 0.2) is 20.1 Å². The van der Waals surface area contributed by atoms with Crippen LogP contribution in [0, 0.1) is 0 Å². The van der Waals surface area contributed by atoms with Gasteiger partial charge < -0.3 is 5.32 Å². The maximum Gasteiger partial charge on any atom is 0.257 e. The quantitative estimate of drug-likeness (QED) is 0.403. The van der Waals surface area contributed by atoms with Crippen LogP contribution in [0.1, 0.15) is 16.1 Å². The van der Waals surface area contributed by atoms with Crippen LogP contribution in [-0.2, 0) is 21.1 Å². The fourth-order valence-electron chi connectivity index (χ4n) is 2.73. The third kappa shape index (κ3) is 5.30. The number of nitrogens with one attached hydrogen (secondary N) is 2. The van der Waals surface area contributed by atoms with E-state index in [1.54, 1.807) is 35.7 Å². The molecule has 0 saturated carbocycles. The highest BCUT2D eigenvalue weighted by Crippen LogP contribution is 2.28. The molecule has 8 nitrogen and oxygen atoms in total. The normalized spacial score (nSPS) is 11.4. The summed E-state index contributed by atoms with van der Waals surface area (Å²) >= 11 is 8.23. The van der Waals surface area contributed by atoms with Crippen molar-refractivity contribution in [2.45, 2.75) is 11.3 Å². The molecule has 0 radical (unpaired) electrons. The molecule has 32 heavy (non-hydrogen) atoms. The van der Waals surface area contributed by atoms with Crippen LogP contribution in [0.4, 0.5) is 10.3 Å². The van der Waals surface area contributed by atoms with Gasteiger partial charge in [0, 0.05) is 22.2 Å². The summed E-state index contributed by atoms with van der Waals surface area (Å²) in [6.45, 7) is 0. The number of fused-ring (bicyclic) bond motifs is 1. The number of thiazole rings is 2. The van der Waals surface area contributed by atoms with Gasteiger partial charge in [-0.15, -0.1) is 11.3 Å². The van der Waals surface area contributed by atoms with Gasteiger partial charge in [-0.1, -0.05) is 22.9 Å². The number of hydrogen-bond donors (Lipinski definition) is 2. The van der Waals surface area contributed by atoms with Crippen molar-refractivity contribution in [3.05, 3.63) is 64.1 Å². The van der Waals surface area contributed by atoms with E-state index in [1.165, 1.54) is 34.8 Å². The van der Waals surface area contributed by atoms with Crippen LogP contribution < -0.4 is 10.6 Å². The average Bonchev–Trinajstić information content (AvgIpc) is 3.32. The van der Waals surface area contributed by atoms with Crippen LogP contribution in [0.5, 0.6) is 0 Å². The maximum absolute atomic E-state index is 12.4. The standard InChI is InChI=1S/C20H15ClN4O4S3/c1-32(28,29)14-6-7-15-16(9-14)31-20(23-15)24-17(26)8-13-10-30-19(22-13)25-18(27)11-2-4-12(21)5-3-11/h2-7,9-10H,8H2,1H3,(H,22,25,27)(H,23,24,26). The molecule has 0 aliphatic rings.